The van der Waals surface area contributed by atoms with E-state index in [0.717, 1.165) is 22.3 Å². The summed E-state index contributed by atoms with van der Waals surface area (Å²) in [4.78, 5) is 36.1. The molecule has 2 amide bonds. The van der Waals surface area contributed by atoms with Crippen LogP contribution in [0.1, 0.15) is 29.9 Å². The Kier molecular flexibility index (Phi) is 6.69. The van der Waals surface area contributed by atoms with Gasteiger partial charge in [0.2, 0.25) is 5.91 Å². The van der Waals surface area contributed by atoms with E-state index in [-0.39, 0.29) is 31.3 Å². The molecule has 3 aromatic rings. The maximum atomic E-state index is 12.4. The zero-order chi connectivity index (χ0) is 23.2. The minimum atomic E-state index is -1.23. The summed E-state index contributed by atoms with van der Waals surface area (Å²) < 4.78 is 5.41. The van der Waals surface area contributed by atoms with E-state index >= 15 is 0 Å². The van der Waals surface area contributed by atoms with Gasteiger partial charge in [-0.3, -0.25) is 4.79 Å². The number of nitrogens with one attached hydrogen (secondary N) is 2. The number of amides is 2. The molecule has 0 radical (unpaired) electrons. The van der Waals surface area contributed by atoms with Gasteiger partial charge in [0.15, 0.2) is 0 Å². The molecular weight excluding hydrogens is 420 g/mol. The number of hydrogen-bond acceptors (Lipinski definition) is 4. The molecule has 1 unspecified atom stereocenters. The van der Waals surface area contributed by atoms with E-state index in [1.807, 2.05) is 54.6 Å². The highest BCUT2D eigenvalue weighted by Crippen LogP contribution is 2.44. The molecule has 0 heterocycles. The van der Waals surface area contributed by atoms with E-state index in [9.17, 15) is 19.5 Å². The van der Waals surface area contributed by atoms with Crippen LogP contribution < -0.4 is 10.6 Å². The third-order valence-electron chi connectivity index (χ3n) is 5.65. The van der Waals surface area contributed by atoms with Crippen molar-refractivity contribution >= 4 is 23.7 Å². The van der Waals surface area contributed by atoms with Crippen molar-refractivity contribution < 1.29 is 24.2 Å². The Labute approximate surface area is 191 Å². The van der Waals surface area contributed by atoms with Crippen LogP contribution in [-0.4, -0.2) is 35.7 Å². The maximum Gasteiger partial charge on any atom is 0.407 e. The molecular formula is C26H24N2O5. The average molecular weight is 444 g/mol. The van der Waals surface area contributed by atoms with Crippen molar-refractivity contribution in [1.29, 1.82) is 0 Å². The van der Waals surface area contributed by atoms with Crippen LogP contribution in [0.5, 0.6) is 0 Å². The molecule has 168 valence electrons. The van der Waals surface area contributed by atoms with E-state index in [1.165, 1.54) is 0 Å². The second-order valence-electron chi connectivity index (χ2n) is 7.81. The highest BCUT2D eigenvalue weighted by molar-refractivity contribution is 5.91. The van der Waals surface area contributed by atoms with Crippen molar-refractivity contribution in [1.82, 2.24) is 5.32 Å². The van der Waals surface area contributed by atoms with Crippen molar-refractivity contribution in [2.45, 2.75) is 24.8 Å². The zero-order valence-electron chi connectivity index (χ0n) is 17.9. The SMILES string of the molecule is O=C(CCC(NC(=O)OCC1c2ccccc2-c2ccccc21)C(=O)O)Nc1ccccc1. The lowest BCUT2D eigenvalue weighted by atomic mass is 9.98. The molecule has 3 aromatic carbocycles. The lowest BCUT2D eigenvalue weighted by Gasteiger charge is -2.17. The third kappa shape index (κ3) is 5.20. The number of fused-ring (bicyclic) bond motifs is 3. The highest BCUT2D eigenvalue weighted by Gasteiger charge is 2.29. The Morgan fingerprint density at radius 1 is 0.848 bits per heavy atom. The van der Waals surface area contributed by atoms with Crippen molar-refractivity contribution in [3.8, 4) is 11.1 Å². The normalized spacial score (nSPS) is 12.8. The summed E-state index contributed by atoms with van der Waals surface area (Å²) in [6.07, 6.45) is -0.944. The summed E-state index contributed by atoms with van der Waals surface area (Å²) in [6, 6.07) is 23.6. The first-order valence-electron chi connectivity index (χ1n) is 10.7. The number of para-hydroxylation sites is 1. The van der Waals surface area contributed by atoms with Gasteiger partial charge in [0.1, 0.15) is 12.6 Å². The fraction of sp³-hybridized carbons (Fsp3) is 0.192. The predicted octanol–water partition coefficient (Wildman–Crippen LogP) is 4.40. The van der Waals surface area contributed by atoms with E-state index in [2.05, 4.69) is 10.6 Å². The van der Waals surface area contributed by atoms with Gasteiger partial charge in [-0.05, 0) is 40.8 Å². The first kappa shape index (κ1) is 22.1. The van der Waals surface area contributed by atoms with Crippen LogP contribution >= 0.6 is 0 Å². The summed E-state index contributed by atoms with van der Waals surface area (Å²) in [5.41, 5.74) is 4.97. The number of carboxylic acids is 1. The molecule has 0 spiro atoms. The largest absolute Gasteiger partial charge is 0.480 e. The summed E-state index contributed by atoms with van der Waals surface area (Å²) >= 11 is 0. The number of hydrogen-bond donors (Lipinski definition) is 3. The van der Waals surface area contributed by atoms with E-state index in [1.54, 1.807) is 24.3 Å². The second kappa shape index (κ2) is 9.99. The molecule has 1 aliphatic rings. The number of carbonyl (C=O) groups excluding carboxylic acids is 2. The minimum Gasteiger partial charge on any atom is -0.480 e. The van der Waals surface area contributed by atoms with Crippen LogP contribution in [0.25, 0.3) is 11.1 Å². The third-order valence-corrected chi connectivity index (χ3v) is 5.65. The van der Waals surface area contributed by atoms with Gasteiger partial charge in [0.05, 0.1) is 0 Å². The molecule has 0 fully saturated rings. The van der Waals surface area contributed by atoms with Crippen molar-refractivity contribution in [3.05, 3.63) is 90.0 Å². The monoisotopic (exact) mass is 444 g/mol. The molecule has 1 aliphatic carbocycles. The van der Waals surface area contributed by atoms with Gasteiger partial charge in [-0.2, -0.15) is 0 Å². The first-order valence-corrected chi connectivity index (χ1v) is 10.7. The molecule has 3 N–H and O–H groups in total. The zero-order valence-corrected chi connectivity index (χ0v) is 17.9. The lowest BCUT2D eigenvalue weighted by molar-refractivity contribution is -0.139. The molecule has 0 bridgehead atoms. The molecule has 7 heteroatoms. The molecule has 1 atom stereocenters. The predicted molar refractivity (Wildman–Crippen MR) is 124 cm³/mol. The first-order chi connectivity index (χ1) is 16.0. The van der Waals surface area contributed by atoms with Crippen LogP contribution in [0.4, 0.5) is 10.5 Å². The number of carbonyl (C=O) groups is 3. The van der Waals surface area contributed by atoms with Gasteiger partial charge in [-0.25, -0.2) is 9.59 Å². The topological polar surface area (TPSA) is 105 Å². The quantitative estimate of drug-likeness (QED) is 0.478. The van der Waals surface area contributed by atoms with Gasteiger partial charge < -0.3 is 20.5 Å². The van der Waals surface area contributed by atoms with Crippen molar-refractivity contribution in [3.63, 3.8) is 0 Å². The number of alkyl carbamates (subject to hydrolysis) is 1. The minimum absolute atomic E-state index is 0.0573. The fourth-order valence-electron chi connectivity index (χ4n) is 4.06. The number of benzene rings is 3. The van der Waals surface area contributed by atoms with Crippen LogP contribution in [0.2, 0.25) is 0 Å². The lowest BCUT2D eigenvalue weighted by Crippen LogP contribution is -2.42. The molecule has 0 saturated heterocycles. The van der Waals surface area contributed by atoms with Crippen molar-refractivity contribution in [2.75, 3.05) is 11.9 Å². The number of carboxylic acid groups (broad SMARTS) is 1. The van der Waals surface area contributed by atoms with Gasteiger partial charge in [0, 0.05) is 18.0 Å². The standard InChI is InChI=1S/C26H24N2O5/c29-24(27-17-8-2-1-3-9-17)15-14-23(25(30)31)28-26(32)33-16-22-20-12-6-4-10-18(20)19-11-5-7-13-21(19)22/h1-13,22-23H,14-16H2,(H,27,29)(H,28,32)(H,30,31). The summed E-state index contributed by atoms with van der Waals surface area (Å²) in [5, 5.41) is 14.5. The Balaban J connectivity index is 1.32. The Hall–Kier alpha value is -4.13. The summed E-state index contributed by atoms with van der Waals surface area (Å²) in [5.74, 6) is -1.68. The fourth-order valence-corrected chi connectivity index (χ4v) is 4.06. The van der Waals surface area contributed by atoms with Crippen LogP contribution in [0, 0.1) is 0 Å². The van der Waals surface area contributed by atoms with Gasteiger partial charge in [-0.15, -0.1) is 0 Å². The Bertz CT molecular complexity index is 1120. The van der Waals surface area contributed by atoms with E-state index in [0.29, 0.717) is 5.69 Å². The Morgan fingerprint density at radius 2 is 1.42 bits per heavy atom. The van der Waals surface area contributed by atoms with Crippen LogP contribution in [0.3, 0.4) is 0 Å². The number of anilines is 1. The molecule has 33 heavy (non-hydrogen) atoms. The molecule has 4 rings (SSSR count). The van der Waals surface area contributed by atoms with Crippen LogP contribution in [-0.2, 0) is 14.3 Å². The average Bonchev–Trinajstić information content (AvgIpc) is 3.14. The summed E-state index contributed by atoms with van der Waals surface area (Å²) in [7, 11) is 0. The molecule has 0 saturated carbocycles. The van der Waals surface area contributed by atoms with E-state index in [4.69, 9.17) is 4.74 Å². The number of ether oxygens (including phenoxy) is 1. The summed E-state index contributed by atoms with van der Waals surface area (Å²) in [6.45, 7) is 0.0840. The maximum absolute atomic E-state index is 12.4. The Morgan fingerprint density at radius 3 is 2.03 bits per heavy atom. The van der Waals surface area contributed by atoms with E-state index < -0.39 is 18.1 Å². The highest BCUT2D eigenvalue weighted by atomic mass is 16.5. The van der Waals surface area contributed by atoms with Gasteiger partial charge in [0.25, 0.3) is 0 Å². The molecule has 7 nitrogen and oxygen atoms in total. The van der Waals surface area contributed by atoms with Gasteiger partial charge >= 0.3 is 12.1 Å². The number of aliphatic carboxylic acids is 1. The smallest absolute Gasteiger partial charge is 0.407 e. The van der Waals surface area contributed by atoms with Crippen LogP contribution in [0.15, 0.2) is 78.9 Å². The number of rotatable bonds is 8. The van der Waals surface area contributed by atoms with Crippen molar-refractivity contribution in [2.24, 2.45) is 0 Å². The molecule has 0 aliphatic heterocycles. The second-order valence-corrected chi connectivity index (χ2v) is 7.81. The van der Waals surface area contributed by atoms with Gasteiger partial charge in [-0.1, -0.05) is 66.7 Å². The molecule has 0 aromatic heterocycles.